The van der Waals surface area contributed by atoms with E-state index in [2.05, 4.69) is 25.6 Å². The topological polar surface area (TPSA) is 83.0 Å². The van der Waals surface area contributed by atoms with E-state index in [0.717, 1.165) is 12.1 Å². The SMILES string of the molecule is C[C@@H](CO)Nc1nc(Nc2c(F)cccc2F)cc(-c2cccnc2)n1. The fourth-order valence-corrected chi connectivity index (χ4v) is 2.25. The minimum atomic E-state index is -0.732. The first kappa shape index (κ1) is 17.7. The molecule has 0 radical (unpaired) electrons. The summed E-state index contributed by atoms with van der Waals surface area (Å²) in [7, 11) is 0. The van der Waals surface area contributed by atoms with E-state index in [4.69, 9.17) is 0 Å². The van der Waals surface area contributed by atoms with Crippen molar-refractivity contribution >= 4 is 17.5 Å². The standard InChI is InChI=1S/C18H17F2N5O/c1-11(10-26)22-18-23-15(12-4-3-7-21-9-12)8-16(25-18)24-17-13(19)5-2-6-14(17)20/h2-9,11,26H,10H2,1H3,(H2,22,23,24,25)/t11-/m0/s1. The van der Waals surface area contributed by atoms with Crippen LogP contribution >= 0.6 is 0 Å². The quantitative estimate of drug-likeness (QED) is 0.628. The number of hydrogen-bond donors (Lipinski definition) is 3. The lowest BCUT2D eigenvalue weighted by molar-refractivity contribution is 0.281. The highest BCUT2D eigenvalue weighted by Gasteiger charge is 2.13. The van der Waals surface area contributed by atoms with Crippen molar-refractivity contribution in [3.8, 4) is 11.3 Å². The summed E-state index contributed by atoms with van der Waals surface area (Å²) in [6.45, 7) is 1.63. The molecule has 3 N–H and O–H groups in total. The number of aromatic nitrogens is 3. The Bertz CT molecular complexity index is 872. The summed E-state index contributed by atoms with van der Waals surface area (Å²) >= 11 is 0. The molecular weight excluding hydrogens is 340 g/mol. The van der Waals surface area contributed by atoms with E-state index >= 15 is 0 Å². The zero-order valence-corrected chi connectivity index (χ0v) is 13.9. The minimum absolute atomic E-state index is 0.120. The van der Waals surface area contributed by atoms with Crippen LogP contribution in [0, 0.1) is 11.6 Å². The van der Waals surface area contributed by atoms with Crippen LogP contribution in [0.4, 0.5) is 26.2 Å². The number of aliphatic hydroxyl groups excluding tert-OH is 1. The number of halogens is 2. The van der Waals surface area contributed by atoms with Gasteiger partial charge in [0.2, 0.25) is 5.95 Å². The average molecular weight is 357 g/mol. The number of nitrogens with zero attached hydrogens (tertiary/aromatic N) is 3. The normalized spacial score (nSPS) is 11.8. The molecule has 134 valence electrons. The molecule has 0 aliphatic heterocycles. The second kappa shape index (κ2) is 7.83. The Morgan fingerprint density at radius 1 is 1.12 bits per heavy atom. The van der Waals surface area contributed by atoms with E-state index in [1.807, 2.05) is 6.07 Å². The molecule has 0 saturated carbocycles. The van der Waals surface area contributed by atoms with Crippen LogP contribution in [0.25, 0.3) is 11.3 Å². The van der Waals surface area contributed by atoms with E-state index < -0.39 is 11.6 Å². The lowest BCUT2D eigenvalue weighted by Gasteiger charge is -2.14. The van der Waals surface area contributed by atoms with Gasteiger partial charge in [0.05, 0.1) is 12.3 Å². The highest BCUT2D eigenvalue weighted by molar-refractivity contribution is 5.67. The van der Waals surface area contributed by atoms with Crippen LogP contribution in [-0.4, -0.2) is 32.7 Å². The van der Waals surface area contributed by atoms with Gasteiger partial charge in [-0.2, -0.15) is 4.98 Å². The first-order valence-corrected chi connectivity index (χ1v) is 7.94. The molecule has 0 saturated heterocycles. The number of benzene rings is 1. The van der Waals surface area contributed by atoms with Gasteiger partial charge < -0.3 is 15.7 Å². The summed E-state index contributed by atoms with van der Waals surface area (Å²) < 4.78 is 27.8. The lowest BCUT2D eigenvalue weighted by atomic mass is 10.2. The van der Waals surface area contributed by atoms with Crippen molar-refractivity contribution in [3.63, 3.8) is 0 Å². The number of hydrogen-bond acceptors (Lipinski definition) is 6. The number of nitrogens with one attached hydrogen (secondary N) is 2. The smallest absolute Gasteiger partial charge is 0.225 e. The molecule has 8 heteroatoms. The molecule has 1 atom stereocenters. The largest absolute Gasteiger partial charge is 0.394 e. The molecule has 2 aromatic heterocycles. The summed E-state index contributed by atoms with van der Waals surface area (Å²) in [5, 5.41) is 14.8. The van der Waals surface area contributed by atoms with Gasteiger partial charge in [-0.1, -0.05) is 6.07 Å². The van der Waals surface area contributed by atoms with E-state index in [0.29, 0.717) is 11.3 Å². The third kappa shape index (κ3) is 4.09. The predicted octanol–water partition coefficient (Wildman–Crippen LogP) is 3.35. The Morgan fingerprint density at radius 3 is 2.54 bits per heavy atom. The molecule has 0 bridgehead atoms. The second-order valence-corrected chi connectivity index (χ2v) is 5.65. The second-order valence-electron chi connectivity index (χ2n) is 5.65. The van der Waals surface area contributed by atoms with Gasteiger partial charge in [0.25, 0.3) is 0 Å². The van der Waals surface area contributed by atoms with E-state index in [-0.39, 0.29) is 30.1 Å². The van der Waals surface area contributed by atoms with Gasteiger partial charge in [0, 0.05) is 30.1 Å². The van der Waals surface area contributed by atoms with Crippen LogP contribution in [0.5, 0.6) is 0 Å². The summed E-state index contributed by atoms with van der Waals surface area (Å²) in [5.74, 6) is -1.04. The van der Waals surface area contributed by atoms with Gasteiger partial charge in [-0.05, 0) is 31.2 Å². The molecule has 0 aliphatic carbocycles. The third-order valence-corrected chi connectivity index (χ3v) is 3.55. The van der Waals surface area contributed by atoms with Crippen molar-refractivity contribution in [3.05, 3.63) is 60.4 Å². The monoisotopic (exact) mass is 357 g/mol. The molecule has 3 rings (SSSR count). The Labute approximate surface area is 149 Å². The highest BCUT2D eigenvalue weighted by atomic mass is 19.1. The lowest BCUT2D eigenvalue weighted by Crippen LogP contribution is -2.21. The van der Waals surface area contributed by atoms with E-state index in [1.165, 1.54) is 6.07 Å². The predicted molar refractivity (Wildman–Crippen MR) is 95.1 cm³/mol. The zero-order valence-electron chi connectivity index (χ0n) is 13.9. The molecule has 6 nitrogen and oxygen atoms in total. The molecule has 0 unspecified atom stereocenters. The molecule has 0 spiro atoms. The maximum absolute atomic E-state index is 13.9. The molecule has 26 heavy (non-hydrogen) atoms. The zero-order chi connectivity index (χ0) is 18.5. The van der Waals surface area contributed by atoms with E-state index in [9.17, 15) is 13.9 Å². The Hall–Kier alpha value is -3.13. The Balaban J connectivity index is 2.02. The fraction of sp³-hybridized carbons (Fsp3) is 0.167. The fourth-order valence-electron chi connectivity index (χ4n) is 2.25. The summed E-state index contributed by atoms with van der Waals surface area (Å²) in [6.07, 6.45) is 3.25. The highest BCUT2D eigenvalue weighted by Crippen LogP contribution is 2.26. The molecular formula is C18H17F2N5O. The maximum atomic E-state index is 13.9. The van der Waals surface area contributed by atoms with Crippen molar-refractivity contribution in [2.75, 3.05) is 17.2 Å². The first-order chi connectivity index (χ1) is 12.6. The van der Waals surface area contributed by atoms with Crippen LogP contribution in [0.2, 0.25) is 0 Å². The van der Waals surface area contributed by atoms with Crippen molar-refractivity contribution < 1.29 is 13.9 Å². The van der Waals surface area contributed by atoms with Gasteiger partial charge in [-0.3, -0.25) is 4.98 Å². The van der Waals surface area contributed by atoms with Crippen LogP contribution < -0.4 is 10.6 Å². The number of aliphatic hydroxyl groups is 1. The van der Waals surface area contributed by atoms with Gasteiger partial charge in [0.1, 0.15) is 23.1 Å². The molecule has 0 aliphatic rings. The van der Waals surface area contributed by atoms with Crippen LogP contribution in [0.15, 0.2) is 48.8 Å². The van der Waals surface area contributed by atoms with Crippen LogP contribution in [0.1, 0.15) is 6.92 Å². The van der Waals surface area contributed by atoms with Crippen molar-refractivity contribution in [1.82, 2.24) is 15.0 Å². The van der Waals surface area contributed by atoms with Crippen LogP contribution in [0.3, 0.4) is 0 Å². The number of anilines is 3. The number of pyridine rings is 1. The summed E-state index contributed by atoms with van der Waals surface area (Å²) in [6, 6.07) is 8.43. The molecule has 3 aromatic rings. The van der Waals surface area contributed by atoms with Gasteiger partial charge >= 0.3 is 0 Å². The van der Waals surface area contributed by atoms with Gasteiger partial charge in [0.15, 0.2) is 0 Å². The van der Waals surface area contributed by atoms with Crippen LogP contribution in [-0.2, 0) is 0 Å². The van der Waals surface area contributed by atoms with Gasteiger partial charge in [-0.15, -0.1) is 0 Å². The van der Waals surface area contributed by atoms with Gasteiger partial charge in [-0.25, -0.2) is 13.8 Å². The van der Waals surface area contributed by atoms with Crippen molar-refractivity contribution in [2.45, 2.75) is 13.0 Å². The molecule has 0 amide bonds. The minimum Gasteiger partial charge on any atom is -0.394 e. The number of rotatable bonds is 6. The first-order valence-electron chi connectivity index (χ1n) is 7.94. The maximum Gasteiger partial charge on any atom is 0.225 e. The Morgan fingerprint density at radius 2 is 1.88 bits per heavy atom. The summed E-state index contributed by atoms with van der Waals surface area (Å²) in [4.78, 5) is 12.7. The molecule has 1 aromatic carbocycles. The molecule has 0 fully saturated rings. The average Bonchev–Trinajstić information content (AvgIpc) is 2.65. The summed E-state index contributed by atoms with van der Waals surface area (Å²) in [5.41, 5.74) is 0.927. The van der Waals surface area contributed by atoms with Crippen molar-refractivity contribution in [1.29, 1.82) is 0 Å². The number of para-hydroxylation sites is 1. The van der Waals surface area contributed by atoms with E-state index in [1.54, 1.807) is 31.5 Å². The third-order valence-electron chi connectivity index (χ3n) is 3.55. The Kier molecular flexibility index (Phi) is 5.33. The van der Waals surface area contributed by atoms with Crippen molar-refractivity contribution in [2.24, 2.45) is 0 Å². The molecule has 2 heterocycles.